The maximum absolute atomic E-state index is 13.5. The van der Waals surface area contributed by atoms with Gasteiger partial charge in [0, 0.05) is 28.1 Å². The Hall–Kier alpha value is -2.85. The van der Waals surface area contributed by atoms with E-state index in [0.717, 1.165) is 34.6 Å². The second-order valence-corrected chi connectivity index (χ2v) is 8.11. The maximum Gasteiger partial charge on any atom is 0.213 e. The van der Waals surface area contributed by atoms with E-state index in [0.29, 0.717) is 5.02 Å². The number of hydrogen-bond donors (Lipinski definition) is 0. The number of hydrazone groups is 1. The van der Waals surface area contributed by atoms with E-state index in [4.69, 9.17) is 21.4 Å². The van der Waals surface area contributed by atoms with Gasteiger partial charge in [0.05, 0.1) is 11.8 Å². The van der Waals surface area contributed by atoms with Crippen LogP contribution in [0.15, 0.2) is 65.8 Å². The monoisotopic (exact) mass is 406 g/mol. The molecule has 146 valence electrons. The Morgan fingerprint density at radius 1 is 1.03 bits per heavy atom. The van der Waals surface area contributed by atoms with Gasteiger partial charge in [-0.15, -0.1) is 0 Å². The summed E-state index contributed by atoms with van der Waals surface area (Å²) in [6, 6.07) is 18.5. The van der Waals surface area contributed by atoms with Gasteiger partial charge in [0.1, 0.15) is 11.6 Å². The SMILES string of the molecule is Cc1ccc(C)c(C2=NN3[C@H](C2)c2cc(Cl)ccc2O[C@@H]3c2ccc(F)cc2)c1. The Kier molecular flexibility index (Phi) is 4.32. The van der Waals surface area contributed by atoms with Crippen LogP contribution in [0.3, 0.4) is 0 Å². The first-order valence-electron chi connectivity index (χ1n) is 9.64. The van der Waals surface area contributed by atoms with Gasteiger partial charge in [0.2, 0.25) is 6.23 Å². The second kappa shape index (κ2) is 6.89. The van der Waals surface area contributed by atoms with Crippen LogP contribution in [0.5, 0.6) is 5.75 Å². The van der Waals surface area contributed by atoms with Gasteiger partial charge >= 0.3 is 0 Å². The zero-order valence-electron chi connectivity index (χ0n) is 16.2. The standard InChI is InChI=1S/C24H20ClFN2O/c1-14-3-4-15(2)19(11-14)21-13-22-20-12-17(25)7-10-23(20)29-24(28(22)27-21)16-5-8-18(26)9-6-16/h3-12,22,24H,13H2,1-2H3/t22-,24-/m1/s1. The van der Waals surface area contributed by atoms with E-state index in [-0.39, 0.29) is 11.9 Å². The summed E-state index contributed by atoms with van der Waals surface area (Å²) in [6.07, 6.45) is 0.343. The fraction of sp³-hybridized carbons (Fsp3) is 0.208. The molecule has 0 radical (unpaired) electrons. The molecule has 0 aliphatic carbocycles. The summed E-state index contributed by atoms with van der Waals surface area (Å²) in [4.78, 5) is 0. The summed E-state index contributed by atoms with van der Waals surface area (Å²) in [5.41, 5.74) is 6.47. The predicted molar refractivity (Wildman–Crippen MR) is 113 cm³/mol. The summed E-state index contributed by atoms with van der Waals surface area (Å²) in [5, 5.41) is 7.64. The highest BCUT2D eigenvalue weighted by molar-refractivity contribution is 6.30. The summed E-state index contributed by atoms with van der Waals surface area (Å²) >= 11 is 6.28. The van der Waals surface area contributed by atoms with Gasteiger partial charge in [-0.2, -0.15) is 5.10 Å². The zero-order valence-corrected chi connectivity index (χ0v) is 16.9. The third-order valence-corrected chi connectivity index (χ3v) is 5.85. The molecule has 0 N–H and O–H groups in total. The summed E-state index contributed by atoms with van der Waals surface area (Å²) in [6.45, 7) is 4.19. The van der Waals surface area contributed by atoms with Crippen LogP contribution in [-0.4, -0.2) is 10.7 Å². The molecule has 29 heavy (non-hydrogen) atoms. The first-order valence-corrected chi connectivity index (χ1v) is 10.0. The van der Waals surface area contributed by atoms with E-state index in [1.807, 2.05) is 23.2 Å². The number of rotatable bonds is 2. The van der Waals surface area contributed by atoms with Crippen molar-refractivity contribution < 1.29 is 9.13 Å². The molecule has 2 aliphatic rings. The molecule has 5 heteroatoms. The molecule has 0 unspecified atom stereocenters. The average molecular weight is 407 g/mol. The van der Waals surface area contributed by atoms with Gasteiger partial charge in [-0.25, -0.2) is 9.40 Å². The largest absolute Gasteiger partial charge is 0.464 e. The van der Waals surface area contributed by atoms with Crippen LogP contribution >= 0.6 is 11.6 Å². The first-order chi connectivity index (χ1) is 14.0. The van der Waals surface area contributed by atoms with Crippen molar-refractivity contribution in [2.75, 3.05) is 0 Å². The van der Waals surface area contributed by atoms with Crippen LogP contribution in [0.1, 0.15) is 46.5 Å². The summed E-state index contributed by atoms with van der Waals surface area (Å²) in [5.74, 6) is 0.525. The van der Waals surface area contributed by atoms with E-state index in [2.05, 4.69) is 32.0 Å². The number of fused-ring (bicyclic) bond motifs is 3. The molecular formula is C24H20ClFN2O. The smallest absolute Gasteiger partial charge is 0.213 e. The third-order valence-electron chi connectivity index (χ3n) is 5.61. The minimum atomic E-state index is -0.420. The highest BCUT2D eigenvalue weighted by atomic mass is 35.5. The molecule has 2 atom stereocenters. The van der Waals surface area contributed by atoms with Crippen molar-refractivity contribution in [2.24, 2.45) is 5.10 Å². The first kappa shape index (κ1) is 18.2. The van der Waals surface area contributed by atoms with Crippen molar-refractivity contribution in [3.8, 4) is 5.75 Å². The zero-order chi connectivity index (χ0) is 20.1. The Morgan fingerprint density at radius 2 is 1.83 bits per heavy atom. The predicted octanol–water partition coefficient (Wildman–Crippen LogP) is 6.34. The maximum atomic E-state index is 13.5. The quantitative estimate of drug-likeness (QED) is 0.496. The Bertz CT molecular complexity index is 1130. The van der Waals surface area contributed by atoms with Crippen molar-refractivity contribution in [2.45, 2.75) is 32.5 Å². The van der Waals surface area contributed by atoms with Gasteiger partial charge in [-0.3, -0.25) is 0 Å². The highest BCUT2D eigenvalue weighted by Gasteiger charge is 2.41. The average Bonchev–Trinajstić information content (AvgIpc) is 3.15. The minimum absolute atomic E-state index is 0.0161. The van der Waals surface area contributed by atoms with Crippen LogP contribution in [0.25, 0.3) is 0 Å². The summed E-state index contributed by atoms with van der Waals surface area (Å²) in [7, 11) is 0. The third kappa shape index (κ3) is 3.18. The van der Waals surface area contributed by atoms with E-state index in [1.54, 1.807) is 12.1 Å². The second-order valence-electron chi connectivity index (χ2n) is 7.67. The van der Waals surface area contributed by atoms with E-state index < -0.39 is 6.23 Å². The van der Waals surface area contributed by atoms with Crippen molar-refractivity contribution in [3.05, 3.63) is 99.3 Å². The molecule has 2 aliphatic heterocycles. The number of benzene rings is 3. The molecule has 3 aromatic carbocycles. The van der Waals surface area contributed by atoms with Crippen molar-refractivity contribution >= 4 is 17.3 Å². The number of halogens is 2. The van der Waals surface area contributed by atoms with Gasteiger partial charge in [0.15, 0.2) is 0 Å². The molecule has 3 aromatic rings. The van der Waals surface area contributed by atoms with Crippen LogP contribution in [0.4, 0.5) is 4.39 Å². The molecule has 0 spiro atoms. The van der Waals surface area contributed by atoms with E-state index >= 15 is 0 Å². The number of ether oxygens (including phenoxy) is 1. The molecule has 0 fully saturated rings. The normalized spacial score (nSPS) is 20.0. The summed E-state index contributed by atoms with van der Waals surface area (Å²) < 4.78 is 19.8. The molecule has 0 amide bonds. The lowest BCUT2D eigenvalue weighted by atomic mass is 9.93. The Labute approximate surface area is 174 Å². The molecule has 0 bridgehead atoms. The molecule has 5 rings (SSSR count). The lowest BCUT2D eigenvalue weighted by Crippen LogP contribution is -2.33. The van der Waals surface area contributed by atoms with Crippen LogP contribution in [-0.2, 0) is 0 Å². The van der Waals surface area contributed by atoms with Gasteiger partial charge < -0.3 is 4.74 Å². The van der Waals surface area contributed by atoms with Crippen LogP contribution < -0.4 is 4.74 Å². The Morgan fingerprint density at radius 3 is 2.62 bits per heavy atom. The molecule has 2 heterocycles. The number of hydrogen-bond acceptors (Lipinski definition) is 3. The Balaban J connectivity index is 1.62. The van der Waals surface area contributed by atoms with Crippen molar-refractivity contribution in [1.82, 2.24) is 5.01 Å². The van der Waals surface area contributed by atoms with Crippen molar-refractivity contribution in [1.29, 1.82) is 0 Å². The topological polar surface area (TPSA) is 24.8 Å². The van der Waals surface area contributed by atoms with Crippen LogP contribution in [0, 0.1) is 19.7 Å². The molecule has 3 nitrogen and oxygen atoms in total. The van der Waals surface area contributed by atoms with Crippen LogP contribution in [0.2, 0.25) is 5.02 Å². The van der Waals surface area contributed by atoms with E-state index in [9.17, 15) is 4.39 Å². The highest BCUT2D eigenvalue weighted by Crippen LogP contribution is 2.48. The minimum Gasteiger partial charge on any atom is -0.464 e. The van der Waals surface area contributed by atoms with Gasteiger partial charge in [-0.1, -0.05) is 41.4 Å². The number of aryl methyl sites for hydroxylation is 2. The van der Waals surface area contributed by atoms with Gasteiger partial charge in [0.25, 0.3) is 0 Å². The number of nitrogens with zero attached hydrogens (tertiary/aromatic N) is 2. The lowest BCUT2D eigenvalue weighted by molar-refractivity contribution is -0.0190. The van der Waals surface area contributed by atoms with E-state index in [1.165, 1.54) is 23.3 Å². The lowest BCUT2D eigenvalue weighted by Gasteiger charge is -2.38. The van der Waals surface area contributed by atoms with Gasteiger partial charge in [-0.05, 0) is 55.8 Å². The fourth-order valence-electron chi connectivity index (χ4n) is 4.11. The molecule has 0 aromatic heterocycles. The fourth-order valence-corrected chi connectivity index (χ4v) is 4.30. The molecular weight excluding hydrogens is 387 g/mol. The molecule has 0 saturated carbocycles. The van der Waals surface area contributed by atoms with Crippen molar-refractivity contribution in [3.63, 3.8) is 0 Å². The molecule has 0 saturated heterocycles.